The maximum absolute atomic E-state index is 11.9. The van der Waals surface area contributed by atoms with E-state index in [9.17, 15) is 4.79 Å². The molecule has 0 saturated heterocycles. The summed E-state index contributed by atoms with van der Waals surface area (Å²) in [7, 11) is 3.13. The summed E-state index contributed by atoms with van der Waals surface area (Å²) < 4.78 is 10.5. The average Bonchev–Trinajstić information content (AvgIpc) is 2.35. The van der Waals surface area contributed by atoms with Crippen LogP contribution in [-0.2, 0) is 0 Å². The Balaban J connectivity index is 3.52. The molecule has 4 heteroatoms. The maximum Gasteiger partial charge on any atom is 0.180 e. The summed E-state index contributed by atoms with van der Waals surface area (Å²) in [4.78, 5) is 11.9. The Kier molecular flexibility index (Phi) is 4.52. The first-order valence-corrected chi connectivity index (χ1v) is 5.54. The Morgan fingerprint density at radius 3 is 2.18 bits per heavy atom. The maximum atomic E-state index is 11.9. The molecule has 0 aliphatic carbocycles. The molecule has 0 spiro atoms. The van der Waals surface area contributed by atoms with Crippen LogP contribution in [0, 0.1) is 0 Å². The first-order chi connectivity index (χ1) is 8.06. The van der Waals surface area contributed by atoms with Crippen LogP contribution in [0.1, 0.15) is 35.7 Å². The lowest BCUT2D eigenvalue weighted by molar-refractivity contribution is 0.0996. The minimum atomic E-state index is -0.135. The fourth-order valence-corrected chi connectivity index (χ4v) is 1.89. The van der Waals surface area contributed by atoms with Gasteiger partial charge in [0.25, 0.3) is 0 Å². The monoisotopic (exact) mass is 237 g/mol. The highest BCUT2D eigenvalue weighted by Gasteiger charge is 2.22. The molecule has 4 nitrogen and oxygen atoms in total. The average molecular weight is 237 g/mol. The smallest absolute Gasteiger partial charge is 0.180 e. The molecule has 17 heavy (non-hydrogen) atoms. The molecular formula is C13H19NO3. The molecule has 0 aliphatic heterocycles. The fraction of sp³-hybridized carbons (Fsp3) is 0.462. The molecule has 0 heterocycles. The normalized spacial score (nSPS) is 10.5. The van der Waals surface area contributed by atoms with E-state index in [1.165, 1.54) is 0 Å². The van der Waals surface area contributed by atoms with Crippen molar-refractivity contribution in [2.45, 2.75) is 19.8 Å². The highest BCUT2D eigenvalue weighted by atomic mass is 16.5. The molecule has 0 aliphatic rings. The standard InChI is InChI=1S/C13H19NO3/c1-8(2)12-10(16-3)5-6-11(17-4)13(12)9(15)7-14/h5-6,8H,7,14H2,1-4H3. The number of Topliss-reactive ketones (excluding diaryl/α,β-unsaturated/α-hetero) is 1. The van der Waals surface area contributed by atoms with Crippen molar-refractivity contribution in [1.82, 2.24) is 0 Å². The van der Waals surface area contributed by atoms with Crippen molar-refractivity contribution in [3.8, 4) is 11.5 Å². The summed E-state index contributed by atoms with van der Waals surface area (Å²) in [5, 5.41) is 0. The third-order valence-electron chi connectivity index (χ3n) is 2.65. The number of ketones is 1. The van der Waals surface area contributed by atoms with E-state index in [-0.39, 0.29) is 18.2 Å². The van der Waals surface area contributed by atoms with E-state index in [1.54, 1.807) is 20.3 Å². The van der Waals surface area contributed by atoms with Crippen molar-refractivity contribution in [2.24, 2.45) is 5.73 Å². The number of hydrogen-bond acceptors (Lipinski definition) is 4. The van der Waals surface area contributed by atoms with Crippen LogP contribution < -0.4 is 15.2 Å². The molecule has 1 rings (SSSR count). The van der Waals surface area contributed by atoms with Gasteiger partial charge in [-0.3, -0.25) is 4.79 Å². The second kappa shape index (κ2) is 5.68. The summed E-state index contributed by atoms with van der Waals surface area (Å²) >= 11 is 0. The lowest BCUT2D eigenvalue weighted by Gasteiger charge is -2.18. The molecule has 0 unspecified atom stereocenters. The predicted octanol–water partition coefficient (Wildman–Crippen LogP) is 1.97. The van der Waals surface area contributed by atoms with Gasteiger partial charge in [0.05, 0.1) is 26.3 Å². The molecule has 2 N–H and O–H groups in total. The third kappa shape index (κ3) is 2.58. The first-order valence-electron chi connectivity index (χ1n) is 5.54. The Labute approximate surface area is 102 Å². The summed E-state index contributed by atoms with van der Waals surface area (Å²) in [6.07, 6.45) is 0. The lowest BCUT2D eigenvalue weighted by atomic mass is 9.92. The molecule has 1 aromatic carbocycles. The SMILES string of the molecule is COc1ccc(OC)c(C(C)C)c1C(=O)CN. The van der Waals surface area contributed by atoms with E-state index in [4.69, 9.17) is 15.2 Å². The van der Waals surface area contributed by atoms with Gasteiger partial charge in [-0.25, -0.2) is 0 Å². The number of nitrogens with two attached hydrogens (primary N) is 1. The van der Waals surface area contributed by atoms with Crippen LogP contribution in [0.15, 0.2) is 12.1 Å². The van der Waals surface area contributed by atoms with E-state index < -0.39 is 0 Å². The molecule has 0 amide bonds. The van der Waals surface area contributed by atoms with Gasteiger partial charge in [-0.1, -0.05) is 13.8 Å². The number of hydrogen-bond donors (Lipinski definition) is 1. The molecular weight excluding hydrogens is 218 g/mol. The molecule has 0 radical (unpaired) electrons. The zero-order valence-electron chi connectivity index (χ0n) is 10.7. The van der Waals surface area contributed by atoms with Crippen LogP contribution in [0.2, 0.25) is 0 Å². The van der Waals surface area contributed by atoms with Crippen LogP contribution in [-0.4, -0.2) is 26.5 Å². The summed E-state index contributed by atoms with van der Waals surface area (Å²) in [6, 6.07) is 3.54. The van der Waals surface area contributed by atoms with Crippen molar-refractivity contribution in [3.05, 3.63) is 23.3 Å². The minimum Gasteiger partial charge on any atom is -0.496 e. The topological polar surface area (TPSA) is 61.5 Å². The van der Waals surface area contributed by atoms with Gasteiger partial charge in [-0.05, 0) is 18.1 Å². The van der Waals surface area contributed by atoms with Crippen molar-refractivity contribution >= 4 is 5.78 Å². The van der Waals surface area contributed by atoms with E-state index >= 15 is 0 Å². The highest BCUT2D eigenvalue weighted by molar-refractivity contribution is 6.02. The summed E-state index contributed by atoms with van der Waals surface area (Å²) in [5.41, 5.74) is 6.82. The van der Waals surface area contributed by atoms with Crippen LogP contribution in [0.3, 0.4) is 0 Å². The predicted molar refractivity (Wildman–Crippen MR) is 67.0 cm³/mol. The largest absolute Gasteiger partial charge is 0.496 e. The quantitative estimate of drug-likeness (QED) is 0.795. The highest BCUT2D eigenvalue weighted by Crippen LogP contribution is 2.35. The van der Waals surface area contributed by atoms with Gasteiger partial charge in [0.1, 0.15) is 11.5 Å². The second-order valence-electron chi connectivity index (χ2n) is 4.04. The second-order valence-corrected chi connectivity index (χ2v) is 4.04. The van der Waals surface area contributed by atoms with Crippen LogP contribution in [0.25, 0.3) is 0 Å². The Morgan fingerprint density at radius 2 is 1.76 bits per heavy atom. The molecule has 0 saturated carbocycles. The van der Waals surface area contributed by atoms with Crippen molar-refractivity contribution < 1.29 is 14.3 Å². The van der Waals surface area contributed by atoms with Gasteiger partial charge in [0, 0.05) is 5.56 Å². The van der Waals surface area contributed by atoms with Gasteiger partial charge >= 0.3 is 0 Å². The van der Waals surface area contributed by atoms with E-state index in [0.717, 1.165) is 5.56 Å². The van der Waals surface area contributed by atoms with Gasteiger partial charge in [0.2, 0.25) is 0 Å². The Morgan fingerprint density at radius 1 is 1.24 bits per heavy atom. The Hall–Kier alpha value is -1.55. The van der Waals surface area contributed by atoms with E-state index in [1.807, 2.05) is 19.9 Å². The number of ether oxygens (including phenoxy) is 2. The van der Waals surface area contributed by atoms with Gasteiger partial charge in [0.15, 0.2) is 5.78 Å². The third-order valence-corrected chi connectivity index (χ3v) is 2.65. The molecule has 0 fully saturated rings. The number of carbonyl (C=O) groups excluding carboxylic acids is 1. The summed E-state index contributed by atoms with van der Waals surface area (Å²) in [5.74, 6) is 1.26. The van der Waals surface area contributed by atoms with Crippen LogP contribution in [0.5, 0.6) is 11.5 Å². The van der Waals surface area contributed by atoms with Crippen LogP contribution in [0.4, 0.5) is 0 Å². The molecule has 1 aromatic rings. The number of benzene rings is 1. The molecule has 94 valence electrons. The molecule has 0 aromatic heterocycles. The first kappa shape index (κ1) is 13.5. The van der Waals surface area contributed by atoms with Gasteiger partial charge in [-0.15, -0.1) is 0 Å². The summed E-state index contributed by atoms with van der Waals surface area (Å²) in [6.45, 7) is 3.97. The van der Waals surface area contributed by atoms with Crippen LogP contribution >= 0.6 is 0 Å². The van der Waals surface area contributed by atoms with Crippen molar-refractivity contribution in [3.63, 3.8) is 0 Å². The van der Waals surface area contributed by atoms with Crippen molar-refractivity contribution in [1.29, 1.82) is 0 Å². The lowest BCUT2D eigenvalue weighted by Crippen LogP contribution is -2.17. The zero-order valence-corrected chi connectivity index (χ0v) is 10.7. The number of rotatable bonds is 5. The number of methoxy groups -OCH3 is 2. The molecule has 0 atom stereocenters. The van der Waals surface area contributed by atoms with E-state index in [2.05, 4.69) is 0 Å². The molecule has 0 bridgehead atoms. The fourth-order valence-electron chi connectivity index (χ4n) is 1.89. The van der Waals surface area contributed by atoms with E-state index in [0.29, 0.717) is 17.1 Å². The van der Waals surface area contributed by atoms with Crippen molar-refractivity contribution in [2.75, 3.05) is 20.8 Å². The zero-order chi connectivity index (χ0) is 13.0. The minimum absolute atomic E-state index is 0.0384. The van der Waals surface area contributed by atoms with Gasteiger partial charge in [-0.2, -0.15) is 0 Å². The number of carbonyl (C=O) groups is 1. The van der Waals surface area contributed by atoms with Gasteiger partial charge < -0.3 is 15.2 Å². The Bertz CT molecular complexity index is 413.